The predicted molar refractivity (Wildman–Crippen MR) is 96.4 cm³/mol. The number of ether oxygens (including phenoxy) is 1. The lowest BCUT2D eigenvalue weighted by atomic mass is 10.1. The zero-order valence-corrected chi connectivity index (χ0v) is 15.4. The number of carbonyl (C=O) groups excluding carboxylic acids is 2. The van der Waals surface area contributed by atoms with Crippen molar-refractivity contribution in [1.29, 1.82) is 0 Å². The second-order valence-corrected chi connectivity index (χ2v) is 7.34. The molecule has 0 saturated carbocycles. The molecule has 1 rings (SSSR count). The Hall–Kier alpha value is -2.22. The van der Waals surface area contributed by atoms with E-state index >= 15 is 0 Å². The number of nitrogens with one attached hydrogen (secondary N) is 2. The Morgan fingerprint density at radius 1 is 1.20 bits per heavy atom. The molecular weight excluding hydrogens is 344 g/mol. The van der Waals surface area contributed by atoms with Gasteiger partial charge in [0.2, 0.25) is 5.91 Å². The lowest BCUT2D eigenvalue weighted by Gasteiger charge is -2.21. The van der Waals surface area contributed by atoms with Crippen LogP contribution in [0.1, 0.15) is 26.3 Å². The number of benzene rings is 1. The van der Waals surface area contributed by atoms with Crippen LogP contribution in [0, 0.1) is 0 Å². The molecule has 1 unspecified atom stereocenters. The van der Waals surface area contributed by atoms with E-state index in [9.17, 15) is 14.4 Å². The largest absolute Gasteiger partial charge is 0.480 e. The smallest absolute Gasteiger partial charge is 0.408 e. The minimum absolute atomic E-state index is 0.111. The molecular formula is C17H24N2O5S. The van der Waals surface area contributed by atoms with Crippen LogP contribution in [0.25, 0.3) is 0 Å². The van der Waals surface area contributed by atoms with Crippen LogP contribution in [0.5, 0.6) is 0 Å². The van der Waals surface area contributed by atoms with Gasteiger partial charge in [-0.2, -0.15) is 0 Å². The van der Waals surface area contributed by atoms with Gasteiger partial charge in [-0.3, -0.25) is 4.79 Å². The lowest BCUT2D eigenvalue weighted by Crippen LogP contribution is -2.45. The summed E-state index contributed by atoms with van der Waals surface area (Å²) in [4.78, 5) is 34.6. The molecule has 0 aliphatic heterocycles. The third kappa shape index (κ3) is 9.61. The van der Waals surface area contributed by atoms with Crippen molar-refractivity contribution in [3.05, 3.63) is 35.9 Å². The second-order valence-electron chi connectivity index (χ2n) is 6.31. The van der Waals surface area contributed by atoms with Crippen molar-refractivity contribution in [2.75, 3.05) is 11.6 Å². The van der Waals surface area contributed by atoms with Crippen LogP contribution < -0.4 is 10.6 Å². The van der Waals surface area contributed by atoms with Gasteiger partial charge >= 0.3 is 12.1 Å². The van der Waals surface area contributed by atoms with E-state index in [1.807, 2.05) is 30.3 Å². The molecule has 0 aliphatic carbocycles. The van der Waals surface area contributed by atoms with E-state index in [-0.39, 0.29) is 24.0 Å². The van der Waals surface area contributed by atoms with Crippen molar-refractivity contribution in [3.8, 4) is 0 Å². The maximum Gasteiger partial charge on any atom is 0.408 e. The van der Waals surface area contributed by atoms with Crippen LogP contribution in [0.15, 0.2) is 30.3 Å². The summed E-state index contributed by atoms with van der Waals surface area (Å²) in [6.45, 7) is 5.08. The average molecular weight is 368 g/mol. The maximum atomic E-state index is 11.8. The molecule has 0 aliphatic rings. The number of rotatable bonds is 8. The van der Waals surface area contributed by atoms with Crippen molar-refractivity contribution in [2.24, 2.45) is 0 Å². The van der Waals surface area contributed by atoms with Crippen LogP contribution in [0.4, 0.5) is 4.79 Å². The molecule has 0 aromatic heterocycles. The molecule has 7 nitrogen and oxygen atoms in total. The standard InChI is InChI=1S/C17H24N2O5S/c1-17(2,3)24-16(23)19-13(15(21)22)10-25-11-18-14(20)9-12-7-5-4-6-8-12/h4-8,13H,9-11H2,1-3H3,(H,18,20)(H,19,23)(H,21,22). The van der Waals surface area contributed by atoms with Crippen molar-refractivity contribution < 1.29 is 24.2 Å². The summed E-state index contributed by atoms with van der Waals surface area (Å²) in [7, 11) is 0. The van der Waals surface area contributed by atoms with Crippen molar-refractivity contribution in [3.63, 3.8) is 0 Å². The fourth-order valence-corrected chi connectivity index (χ4v) is 2.62. The molecule has 2 amide bonds. The van der Waals surface area contributed by atoms with Crippen LogP contribution in [-0.2, 0) is 20.7 Å². The first kappa shape index (κ1) is 20.8. The molecule has 0 bridgehead atoms. The Morgan fingerprint density at radius 2 is 1.84 bits per heavy atom. The summed E-state index contributed by atoms with van der Waals surface area (Å²) >= 11 is 1.21. The monoisotopic (exact) mass is 368 g/mol. The van der Waals surface area contributed by atoms with E-state index in [4.69, 9.17) is 9.84 Å². The number of carboxylic acid groups (broad SMARTS) is 1. The first-order chi connectivity index (χ1) is 11.7. The topological polar surface area (TPSA) is 105 Å². The third-order valence-electron chi connectivity index (χ3n) is 2.85. The van der Waals surface area contributed by atoms with Gasteiger partial charge in [-0.15, -0.1) is 11.8 Å². The molecule has 0 spiro atoms. The zero-order chi connectivity index (χ0) is 18.9. The molecule has 0 radical (unpaired) electrons. The number of carbonyl (C=O) groups is 3. The van der Waals surface area contributed by atoms with Crippen molar-refractivity contribution in [1.82, 2.24) is 10.6 Å². The molecule has 1 aromatic carbocycles. The van der Waals surface area contributed by atoms with Gasteiger partial charge in [-0.25, -0.2) is 9.59 Å². The predicted octanol–water partition coefficient (Wildman–Crippen LogP) is 2.01. The van der Waals surface area contributed by atoms with Crippen molar-refractivity contribution in [2.45, 2.75) is 38.8 Å². The first-order valence-electron chi connectivity index (χ1n) is 7.78. The minimum atomic E-state index is -1.16. The zero-order valence-electron chi connectivity index (χ0n) is 14.6. The van der Waals surface area contributed by atoms with Gasteiger partial charge in [0.15, 0.2) is 0 Å². The summed E-state index contributed by atoms with van der Waals surface area (Å²) in [6.07, 6.45) is -0.520. The molecule has 25 heavy (non-hydrogen) atoms. The van der Waals surface area contributed by atoms with E-state index in [0.717, 1.165) is 5.56 Å². The van der Waals surface area contributed by atoms with Gasteiger partial charge in [0.1, 0.15) is 11.6 Å². The molecule has 8 heteroatoms. The van der Waals surface area contributed by atoms with Gasteiger partial charge in [0, 0.05) is 5.75 Å². The van der Waals surface area contributed by atoms with Gasteiger partial charge < -0.3 is 20.5 Å². The van der Waals surface area contributed by atoms with Crippen LogP contribution in [0.2, 0.25) is 0 Å². The average Bonchev–Trinajstić information content (AvgIpc) is 2.49. The highest BCUT2D eigenvalue weighted by Gasteiger charge is 2.23. The first-order valence-corrected chi connectivity index (χ1v) is 8.93. The summed E-state index contributed by atoms with van der Waals surface area (Å²) in [5.41, 5.74) is 0.200. The third-order valence-corrected chi connectivity index (χ3v) is 3.77. The van der Waals surface area contributed by atoms with E-state index in [0.29, 0.717) is 0 Å². The number of thioether (sulfide) groups is 1. The SMILES string of the molecule is CC(C)(C)OC(=O)NC(CSCNC(=O)Cc1ccccc1)C(=O)O. The quantitative estimate of drug-likeness (QED) is 0.479. The highest BCUT2D eigenvalue weighted by atomic mass is 32.2. The molecule has 138 valence electrons. The Labute approximate surface area is 151 Å². The Bertz CT molecular complexity index is 586. The maximum absolute atomic E-state index is 11.8. The van der Waals surface area contributed by atoms with Crippen molar-refractivity contribution >= 4 is 29.7 Å². The van der Waals surface area contributed by atoms with E-state index < -0.39 is 23.7 Å². The highest BCUT2D eigenvalue weighted by molar-refractivity contribution is 7.99. The molecule has 0 heterocycles. The Morgan fingerprint density at radius 3 is 2.40 bits per heavy atom. The summed E-state index contributed by atoms with van der Waals surface area (Å²) in [5.74, 6) is -0.939. The minimum Gasteiger partial charge on any atom is -0.480 e. The molecule has 1 atom stereocenters. The van der Waals surface area contributed by atoms with E-state index in [1.54, 1.807) is 20.8 Å². The number of hydrogen-bond donors (Lipinski definition) is 3. The number of alkyl carbamates (subject to hydrolysis) is 1. The molecule has 3 N–H and O–H groups in total. The van der Waals surface area contributed by atoms with Crippen LogP contribution >= 0.6 is 11.8 Å². The summed E-state index contributed by atoms with van der Waals surface area (Å²) < 4.78 is 5.04. The molecule has 0 fully saturated rings. The number of amides is 2. The highest BCUT2D eigenvalue weighted by Crippen LogP contribution is 2.08. The van der Waals surface area contributed by atoms with Gasteiger partial charge in [0.05, 0.1) is 12.3 Å². The van der Waals surface area contributed by atoms with E-state index in [1.165, 1.54) is 11.8 Å². The number of aliphatic carboxylic acids is 1. The summed E-state index contributed by atoms with van der Waals surface area (Å²) in [6, 6.07) is 8.22. The number of carboxylic acids is 1. The van der Waals surface area contributed by atoms with Gasteiger partial charge in [-0.1, -0.05) is 30.3 Å². The normalized spacial score (nSPS) is 12.1. The van der Waals surface area contributed by atoms with Crippen LogP contribution in [0.3, 0.4) is 0 Å². The molecule has 0 saturated heterocycles. The van der Waals surface area contributed by atoms with Gasteiger partial charge in [-0.05, 0) is 26.3 Å². The summed E-state index contributed by atoms with van der Waals surface area (Å²) in [5, 5.41) is 14.2. The Kier molecular flexibility index (Phi) is 8.27. The van der Waals surface area contributed by atoms with E-state index in [2.05, 4.69) is 10.6 Å². The Balaban J connectivity index is 2.32. The second kappa shape index (κ2) is 9.93. The lowest BCUT2D eigenvalue weighted by molar-refractivity contribution is -0.138. The van der Waals surface area contributed by atoms with Crippen LogP contribution in [-0.4, -0.2) is 46.3 Å². The fraction of sp³-hybridized carbons (Fsp3) is 0.471. The fourth-order valence-electron chi connectivity index (χ4n) is 1.78. The number of hydrogen-bond acceptors (Lipinski definition) is 5. The van der Waals surface area contributed by atoms with Gasteiger partial charge in [0.25, 0.3) is 0 Å². The molecule has 1 aromatic rings.